The second-order valence-electron chi connectivity index (χ2n) is 5.00. The lowest BCUT2D eigenvalue weighted by molar-refractivity contribution is 0.170. The van der Waals surface area contributed by atoms with Gasteiger partial charge in [-0.15, -0.1) is 13.2 Å². The highest BCUT2D eigenvalue weighted by molar-refractivity contribution is 5.26. The number of nitrogens with two attached hydrogens (primary N) is 1. The van der Waals surface area contributed by atoms with Crippen molar-refractivity contribution >= 4 is 0 Å². The predicted octanol–water partition coefficient (Wildman–Crippen LogP) is 3.06. The van der Waals surface area contributed by atoms with Crippen molar-refractivity contribution < 1.29 is 4.39 Å². The summed E-state index contributed by atoms with van der Waals surface area (Å²) in [4.78, 5) is 2.18. The molecule has 0 saturated heterocycles. The number of halogens is 1. The Hall–Kier alpha value is -1.45. The van der Waals surface area contributed by atoms with Gasteiger partial charge < -0.3 is 5.73 Å². The van der Waals surface area contributed by atoms with Crippen LogP contribution in [0.5, 0.6) is 0 Å². The molecule has 0 bridgehead atoms. The fourth-order valence-electron chi connectivity index (χ4n) is 2.15. The minimum Gasteiger partial charge on any atom is -0.320 e. The molecule has 2 nitrogen and oxygen atoms in total. The summed E-state index contributed by atoms with van der Waals surface area (Å²) in [5.41, 5.74) is 6.81. The van der Waals surface area contributed by atoms with Gasteiger partial charge in [0.25, 0.3) is 0 Å². The van der Waals surface area contributed by atoms with Crippen molar-refractivity contribution in [3.05, 3.63) is 61.0 Å². The summed E-state index contributed by atoms with van der Waals surface area (Å²) < 4.78 is 13.0. The third-order valence-electron chi connectivity index (χ3n) is 3.61. The molecular weight excluding hydrogens is 239 g/mol. The molecule has 0 aliphatic carbocycles. The van der Waals surface area contributed by atoms with E-state index >= 15 is 0 Å². The minimum atomic E-state index is -0.570. The van der Waals surface area contributed by atoms with E-state index in [-0.39, 0.29) is 11.9 Å². The Labute approximate surface area is 115 Å². The van der Waals surface area contributed by atoms with Gasteiger partial charge in [-0.3, -0.25) is 4.90 Å². The van der Waals surface area contributed by atoms with E-state index in [1.165, 1.54) is 12.1 Å². The molecule has 1 aromatic rings. The third kappa shape index (κ3) is 3.75. The molecule has 1 rings (SSSR count). The Morgan fingerprint density at radius 1 is 1.26 bits per heavy atom. The summed E-state index contributed by atoms with van der Waals surface area (Å²) in [5, 5.41) is 0. The van der Waals surface area contributed by atoms with Gasteiger partial charge >= 0.3 is 0 Å². The van der Waals surface area contributed by atoms with E-state index in [2.05, 4.69) is 25.0 Å². The van der Waals surface area contributed by atoms with Gasteiger partial charge in [-0.05, 0) is 31.5 Å². The van der Waals surface area contributed by atoms with Crippen LogP contribution in [0.3, 0.4) is 0 Å². The second kappa shape index (κ2) is 6.64. The summed E-state index contributed by atoms with van der Waals surface area (Å²) >= 11 is 0. The molecule has 0 fully saturated rings. The normalized spacial score (nSPS) is 15.8. The average Bonchev–Trinajstić information content (AvgIpc) is 2.38. The van der Waals surface area contributed by atoms with Crippen LogP contribution in [0.1, 0.15) is 19.4 Å². The number of hydrogen-bond donors (Lipinski definition) is 1. The van der Waals surface area contributed by atoms with Crippen LogP contribution in [-0.2, 0) is 5.54 Å². The van der Waals surface area contributed by atoms with E-state index < -0.39 is 5.54 Å². The first-order chi connectivity index (χ1) is 8.93. The van der Waals surface area contributed by atoms with E-state index in [0.717, 1.165) is 18.7 Å². The first-order valence-corrected chi connectivity index (χ1v) is 6.44. The third-order valence-corrected chi connectivity index (χ3v) is 3.61. The molecule has 0 aromatic heterocycles. The van der Waals surface area contributed by atoms with Crippen LogP contribution in [0.25, 0.3) is 0 Å². The lowest BCUT2D eigenvalue weighted by Crippen LogP contribution is -2.53. The summed E-state index contributed by atoms with van der Waals surface area (Å²) in [6, 6.07) is 6.45. The van der Waals surface area contributed by atoms with Gasteiger partial charge in [0, 0.05) is 19.1 Å². The summed E-state index contributed by atoms with van der Waals surface area (Å²) in [6.45, 7) is 13.0. The van der Waals surface area contributed by atoms with Crippen molar-refractivity contribution in [3.8, 4) is 0 Å². The fourth-order valence-corrected chi connectivity index (χ4v) is 2.15. The molecule has 0 amide bonds. The van der Waals surface area contributed by atoms with E-state index in [0.29, 0.717) is 0 Å². The number of hydrogen-bond acceptors (Lipinski definition) is 2. The van der Waals surface area contributed by atoms with Crippen molar-refractivity contribution in [2.45, 2.75) is 25.4 Å². The molecule has 0 aliphatic heterocycles. The minimum absolute atomic E-state index is 0.0777. The molecular formula is C16H23FN2. The van der Waals surface area contributed by atoms with E-state index in [4.69, 9.17) is 5.73 Å². The van der Waals surface area contributed by atoms with Gasteiger partial charge in [-0.2, -0.15) is 0 Å². The first kappa shape index (κ1) is 15.6. The Morgan fingerprint density at radius 3 is 2.16 bits per heavy atom. The molecule has 19 heavy (non-hydrogen) atoms. The monoisotopic (exact) mass is 262 g/mol. The zero-order valence-electron chi connectivity index (χ0n) is 11.8. The molecule has 2 atom stereocenters. The molecule has 2 N–H and O–H groups in total. The molecule has 1 aromatic carbocycles. The standard InChI is InChI=1S/C16H23FN2/c1-5-11-19(12-6-2)13(3)16(4,18)14-7-9-15(17)10-8-14/h5-10,13H,1-2,11-12,18H2,3-4H3. The van der Waals surface area contributed by atoms with Gasteiger partial charge in [0.1, 0.15) is 5.82 Å². The van der Waals surface area contributed by atoms with Crippen molar-refractivity contribution in [2.24, 2.45) is 5.73 Å². The number of benzene rings is 1. The van der Waals surface area contributed by atoms with Crippen LogP contribution in [0.4, 0.5) is 4.39 Å². The lowest BCUT2D eigenvalue weighted by Gasteiger charge is -2.39. The SMILES string of the molecule is C=CCN(CC=C)C(C)C(C)(N)c1ccc(F)cc1. The first-order valence-electron chi connectivity index (χ1n) is 6.44. The Kier molecular flexibility index (Phi) is 5.45. The zero-order chi connectivity index (χ0) is 14.5. The van der Waals surface area contributed by atoms with Gasteiger partial charge in [-0.25, -0.2) is 4.39 Å². The van der Waals surface area contributed by atoms with Crippen LogP contribution in [0.15, 0.2) is 49.6 Å². The van der Waals surface area contributed by atoms with Crippen LogP contribution in [0.2, 0.25) is 0 Å². The second-order valence-corrected chi connectivity index (χ2v) is 5.00. The quantitative estimate of drug-likeness (QED) is 0.765. The highest BCUT2D eigenvalue weighted by Crippen LogP contribution is 2.25. The van der Waals surface area contributed by atoms with Crippen molar-refractivity contribution in [3.63, 3.8) is 0 Å². The number of nitrogens with zero attached hydrogens (tertiary/aromatic N) is 1. The molecule has 0 saturated carbocycles. The summed E-state index contributed by atoms with van der Waals surface area (Å²) in [7, 11) is 0. The maximum atomic E-state index is 13.0. The molecule has 3 heteroatoms. The Bertz CT molecular complexity index is 413. The zero-order valence-corrected chi connectivity index (χ0v) is 11.8. The van der Waals surface area contributed by atoms with Crippen LogP contribution in [-0.4, -0.2) is 24.0 Å². The Balaban J connectivity index is 2.98. The average molecular weight is 262 g/mol. The van der Waals surface area contributed by atoms with E-state index in [1.807, 2.05) is 19.1 Å². The topological polar surface area (TPSA) is 29.3 Å². The molecule has 0 aliphatic rings. The molecule has 0 radical (unpaired) electrons. The van der Waals surface area contributed by atoms with E-state index in [1.54, 1.807) is 12.1 Å². The maximum Gasteiger partial charge on any atom is 0.123 e. The smallest absolute Gasteiger partial charge is 0.123 e. The highest BCUT2D eigenvalue weighted by Gasteiger charge is 2.32. The highest BCUT2D eigenvalue weighted by atomic mass is 19.1. The van der Waals surface area contributed by atoms with Crippen LogP contribution < -0.4 is 5.73 Å². The molecule has 0 spiro atoms. The van der Waals surface area contributed by atoms with E-state index in [9.17, 15) is 4.39 Å². The van der Waals surface area contributed by atoms with Gasteiger partial charge in [0.05, 0.1) is 5.54 Å². The lowest BCUT2D eigenvalue weighted by atomic mass is 9.85. The summed E-state index contributed by atoms with van der Waals surface area (Å²) in [5.74, 6) is -0.249. The molecule has 104 valence electrons. The van der Waals surface area contributed by atoms with Crippen molar-refractivity contribution in [2.75, 3.05) is 13.1 Å². The van der Waals surface area contributed by atoms with Crippen molar-refractivity contribution in [1.82, 2.24) is 4.90 Å². The van der Waals surface area contributed by atoms with Gasteiger partial charge in [-0.1, -0.05) is 24.3 Å². The van der Waals surface area contributed by atoms with Crippen molar-refractivity contribution in [1.29, 1.82) is 0 Å². The molecule has 0 heterocycles. The largest absolute Gasteiger partial charge is 0.320 e. The number of rotatable bonds is 7. The maximum absolute atomic E-state index is 13.0. The molecule has 2 unspecified atom stereocenters. The van der Waals surface area contributed by atoms with Gasteiger partial charge in [0.15, 0.2) is 0 Å². The fraction of sp³-hybridized carbons (Fsp3) is 0.375. The predicted molar refractivity (Wildman–Crippen MR) is 79.4 cm³/mol. The Morgan fingerprint density at radius 2 is 1.74 bits per heavy atom. The summed E-state index contributed by atoms with van der Waals surface area (Å²) in [6.07, 6.45) is 3.70. The van der Waals surface area contributed by atoms with Crippen LogP contribution >= 0.6 is 0 Å². The van der Waals surface area contributed by atoms with Crippen LogP contribution in [0, 0.1) is 5.82 Å². The van der Waals surface area contributed by atoms with Gasteiger partial charge in [0.2, 0.25) is 0 Å².